The van der Waals surface area contributed by atoms with E-state index in [1.165, 1.54) is 5.56 Å². The highest BCUT2D eigenvalue weighted by Crippen LogP contribution is 2.31. The van der Waals surface area contributed by atoms with Crippen LogP contribution in [0.4, 0.5) is 0 Å². The first kappa shape index (κ1) is 13.4. The smallest absolute Gasteiger partial charge is 0.146 e. The average Bonchev–Trinajstić information content (AvgIpc) is 2.99. The van der Waals surface area contributed by atoms with Gasteiger partial charge < -0.3 is 4.74 Å². The Balaban J connectivity index is 2.02. The van der Waals surface area contributed by atoms with Crippen LogP contribution in [0.1, 0.15) is 38.2 Å². The molecule has 0 N–H and O–H groups in total. The van der Waals surface area contributed by atoms with Gasteiger partial charge in [0.1, 0.15) is 17.4 Å². The molecule has 1 unspecified atom stereocenters. The lowest BCUT2D eigenvalue weighted by Crippen LogP contribution is -2.17. The van der Waals surface area contributed by atoms with Crippen molar-refractivity contribution in [2.24, 2.45) is 0 Å². The fraction of sp³-hybridized carbons (Fsp3) is 0.471. The molecule has 2 heterocycles. The summed E-state index contributed by atoms with van der Waals surface area (Å²) in [5.74, 6) is 1.45. The molecular formula is C17H21N2O. The molecule has 1 aromatic carbocycles. The Hall–Kier alpha value is -1.61. The molecule has 0 saturated carbocycles. The minimum Gasteiger partial charge on any atom is -0.487 e. The molecule has 0 bridgehead atoms. The molecule has 1 aliphatic rings. The van der Waals surface area contributed by atoms with Crippen LogP contribution in [0.15, 0.2) is 30.5 Å². The lowest BCUT2D eigenvalue weighted by atomic mass is 9.96. The number of fused-ring (bicyclic) bond motifs is 1. The Morgan fingerprint density at radius 3 is 3.05 bits per heavy atom. The molecule has 1 radical (unpaired) electrons. The van der Waals surface area contributed by atoms with Gasteiger partial charge in [-0.1, -0.05) is 19.9 Å². The van der Waals surface area contributed by atoms with Crippen molar-refractivity contribution in [1.82, 2.24) is 10.3 Å². The molecule has 0 amide bonds. The van der Waals surface area contributed by atoms with Crippen LogP contribution in [0, 0.1) is 0 Å². The third-order valence-corrected chi connectivity index (χ3v) is 4.11. The summed E-state index contributed by atoms with van der Waals surface area (Å²) in [6.45, 7) is 6.20. The topological polar surface area (TPSA) is 36.2 Å². The molecule has 3 nitrogen and oxygen atoms in total. The second-order valence-electron chi connectivity index (χ2n) is 5.56. The summed E-state index contributed by atoms with van der Waals surface area (Å²) in [6.07, 6.45) is 4.19. The SMILES string of the molecule is CCC(C)c1cc(O[C@H]2CC[N]C2)c2ncccc2c1. The molecule has 0 spiro atoms. The molecule has 1 aromatic heterocycles. The average molecular weight is 269 g/mol. The zero-order valence-corrected chi connectivity index (χ0v) is 12.2. The van der Waals surface area contributed by atoms with E-state index in [-0.39, 0.29) is 6.10 Å². The molecule has 3 heteroatoms. The van der Waals surface area contributed by atoms with Gasteiger partial charge in [-0.25, -0.2) is 5.32 Å². The lowest BCUT2D eigenvalue weighted by Gasteiger charge is -2.17. The third-order valence-electron chi connectivity index (χ3n) is 4.11. The maximum absolute atomic E-state index is 6.17. The Morgan fingerprint density at radius 1 is 1.40 bits per heavy atom. The van der Waals surface area contributed by atoms with E-state index in [1.54, 1.807) is 0 Å². The highest BCUT2D eigenvalue weighted by Gasteiger charge is 2.19. The molecule has 1 aliphatic heterocycles. The summed E-state index contributed by atoms with van der Waals surface area (Å²) >= 11 is 0. The number of benzene rings is 1. The number of hydrogen-bond donors (Lipinski definition) is 0. The van der Waals surface area contributed by atoms with E-state index in [4.69, 9.17) is 4.74 Å². The van der Waals surface area contributed by atoms with Crippen molar-refractivity contribution in [3.63, 3.8) is 0 Å². The van der Waals surface area contributed by atoms with Crippen LogP contribution in [0.25, 0.3) is 10.9 Å². The second kappa shape index (κ2) is 5.80. The van der Waals surface area contributed by atoms with Crippen LogP contribution in [0.2, 0.25) is 0 Å². The number of nitrogens with zero attached hydrogens (tertiary/aromatic N) is 2. The van der Waals surface area contributed by atoms with Crippen molar-refractivity contribution in [3.05, 3.63) is 36.0 Å². The molecule has 2 atom stereocenters. The van der Waals surface area contributed by atoms with Crippen molar-refractivity contribution in [2.45, 2.75) is 38.7 Å². The summed E-state index contributed by atoms with van der Waals surface area (Å²) in [6, 6.07) is 8.50. The van der Waals surface area contributed by atoms with E-state index in [9.17, 15) is 0 Å². The Kier molecular flexibility index (Phi) is 3.88. The third kappa shape index (κ3) is 2.63. The van der Waals surface area contributed by atoms with E-state index in [0.29, 0.717) is 5.92 Å². The molecule has 1 saturated heterocycles. The number of hydrogen-bond acceptors (Lipinski definition) is 2. The van der Waals surface area contributed by atoms with Gasteiger partial charge in [0.2, 0.25) is 0 Å². The van der Waals surface area contributed by atoms with Crippen LogP contribution in [0.5, 0.6) is 5.75 Å². The number of aromatic nitrogens is 1. The second-order valence-corrected chi connectivity index (χ2v) is 5.56. The van der Waals surface area contributed by atoms with Gasteiger partial charge >= 0.3 is 0 Å². The highest BCUT2D eigenvalue weighted by atomic mass is 16.5. The largest absolute Gasteiger partial charge is 0.487 e. The quantitative estimate of drug-likeness (QED) is 0.851. The van der Waals surface area contributed by atoms with Crippen LogP contribution < -0.4 is 10.1 Å². The molecule has 0 aliphatic carbocycles. The minimum atomic E-state index is 0.215. The van der Waals surface area contributed by atoms with Gasteiger partial charge in [-0.3, -0.25) is 4.98 Å². The molecule has 105 valence electrons. The van der Waals surface area contributed by atoms with Crippen LogP contribution >= 0.6 is 0 Å². The Labute approximate surface area is 120 Å². The van der Waals surface area contributed by atoms with Gasteiger partial charge in [-0.15, -0.1) is 0 Å². The Bertz CT molecular complexity index is 591. The first-order chi connectivity index (χ1) is 9.78. The predicted molar refractivity (Wildman–Crippen MR) is 81.4 cm³/mol. The highest BCUT2D eigenvalue weighted by molar-refractivity contribution is 5.85. The summed E-state index contributed by atoms with van der Waals surface area (Å²) in [5, 5.41) is 5.53. The summed E-state index contributed by atoms with van der Waals surface area (Å²) < 4.78 is 6.17. The van der Waals surface area contributed by atoms with Gasteiger partial charge in [-0.05, 0) is 42.5 Å². The minimum absolute atomic E-state index is 0.215. The maximum Gasteiger partial charge on any atom is 0.146 e. The van der Waals surface area contributed by atoms with Crippen molar-refractivity contribution < 1.29 is 4.74 Å². The van der Waals surface area contributed by atoms with E-state index in [1.807, 2.05) is 12.3 Å². The molecular weight excluding hydrogens is 248 g/mol. The molecule has 1 fully saturated rings. The standard InChI is InChI=1S/C17H21N2O/c1-3-12(2)14-9-13-5-4-7-19-17(13)16(10-14)20-15-6-8-18-11-15/h4-5,7,9-10,12,15H,3,6,8,11H2,1-2H3/t12?,15-/m0/s1. The van der Waals surface area contributed by atoms with Crippen LogP contribution in [-0.4, -0.2) is 24.2 Å². The monoisotopic (exact) mass is 269 g/mol. The molecule has 3 rings (SSSR count). The Morgan fingerprint density at radius 2 is 2.30 bits per heavy atom. The normalized spacial score (nSPS) is 20.2. The van der Waals surface area contributed by atoms with Gasteiger partial charge in [-0.2, -0.15) is 0 Å². The van der Waals surface area contributed by atoms with Gasteiger partial charge in [0.25, 0.3) is 0 Å². The van der Waals surface area contributed by atoms with Crippen LogP contribution in [-0.2, 0) is 0 Å². The maximum atomic E-state index is 6.17. The number of pyridine rings is 1. The number of rotatable bonds is 4. The summed E-state index contributed by atoms with van der Waals surface area (Å²) in [4.78, 5) is 4.49. The van der Waals surface area contributed by atoms with E-state index < -0.39 is 0 Å². The lowest BCUT2D eigenvalue weighted by molar-refractivity contribution is 0.225. The van der Waals surface area contributed by atoms with E-state index in [2.05, 4.69) is 42.3 Å². The van der Waals surface area contributed by atoms with Crippen molar-refractivity contribution in [3.8, 4) is 5.75 Å². The molecule has 2 aromatic rings. The number of ether oxygens (including phenoxy) is 1. The first-order valence-electron chi connectivity index (χ1n) is 7.46. The van der Waals surface area contributed by atoms with Crippen molar-refractivity contribution in [1.29, 1.82) is 0 Å². The van der Waals surface area contributed by atoms with E-state index >= 15 is 0 Å². The molecule has 20 heavy (non-hydrogen) atoms. The van der Waals surface area contributed by atoms with Crippen LogP contribution in [0.3, 0.4) is 0 Å². The van der Waals surface area contributed by atoms with Crippen molar-refractivity contribution in [2.75, 3.05) is 13.1 Å². The predicted octanol–water partition coefficient (Wildman–Crippen LogP) is 3.50. The van der Waals surface area contributed by atoms with E-state index in [0.717, 1.165) is 42.6 Å². The zero-order valence-electron chi connectivity index (χ0n) is 12.2. The fourth-order valence-corrected chi connectivity index (χ4v) is 2.63. The zero-order chi connectivity index (χ0) is 13.9. The van der Waals surface area contributed by atoms with Gasteiger partial charge in [0, 0.05) is 18.1 Å². The fourth-order valence-electron chi connectivity index (χ4n) is 2.63. The van der Waals surface area contributed by atoms with Gasteiger partial charge in [0.15, 0.2) is 0 Å². The first-order valence-corrected chi connectivity index (χ1v) is 7.46. The van der Waals surface area contributed by atoms with Crippen molar-refractivity contribution >= 4 is 10.9 Å². The summed E-state index contributed by atoms with van der Waals surface area (Å²) in [5.41, 5.74) is 2.30. The van der Waals surface area contributed by atoms with Gasteiger partial charge in [0.05, 0.1) is 6.54 Å². The summed E-state index contributed by atoms with van der Waals surface area (Å²) in [7, 11) is 0.